The van der Waals surface area contributed by atoms with E-state index in [0.29, 0.717) is 18.1 Å². The molecular weight excluding hydrogens is 388 g/mol. The van der Waals surface area contributed by atoms with Crippen LogP contribution in [0.3, 0.4) is 0 Å². The van der Waals surface area contributed by atoms with Gasteiger partial charge in [0.05, 0.1) is 22.2 Å². The van der Waals surface area contributed by atoms with Crippen LogP contribution in [0.5, 0.6) is 0 Å². The summed E-state index contributed by atoms with van der Waals surface area (Å²) in [5.74, 6) is 1.28. The third-order valence-electron chi connectivity index (χ3n) is 5.14. The van der Waals surface area contributed by atoms with Gasteiger partial charge in [-0.3, -0.25) is 4.79 Å². The Bertz CT molecular complexity index is 1250. The number of hydrogen-bond donors (Lipinski definition) is 1. The second-order valence-corrected chi connectivity index (χ2v) is 9.00. The molecule has 0 amide bonds. The average Bonchev–Trinajstić information content (AvgIpc) is 3.25. The molecule has 0 saturated heterocycles. The molecule has 3 aromatic heterocycles. The zero-order chi connectivity index (χ0) is 19.1. The smallest absolute Gasteiger partial charge is 0.259 e. The Morgan fingerprint density at radius 3 is 3.00 bits per heavy atom. The van der Waals surface area contributed by atoms with Crippen LogP contribution < -0.4 is 5.56 Å². The van der Waals surface area contributed by atoms with Gasteiger partial charge in [-0.2, -0.15) is 0 Å². The zero-order valence-corrected chi connectivity index (χ0v) is 17.0. The van der Waals surface area contributed by atoms with E-state index in [4.69, 9.17) is 9.97 Å². The molecular formula is C21H20N4OS2. The van der Waals surface area contributed by atoms with Crippen molar-refractivity contribution in [3.05, 3.63) is 63.5 Å². The molecule has 1 aliphatic carbocycles. The van der Waals surface area contributed by atoms with Gasteiger partial charge in [0.1, 0.15) is 10.7 Å². The summed E-state index contributed by atoms with van der Waals surface area (Å²) in [7, 11) is 0. The van der Waals surface area contributed by atoms with Crippen molar-refractivity contribution in [2.45, 2.75) is 43.1 Å². The Labute approximate surface area is 170 Å². The third-order valence-corrected chi connectivity index (χ3v) is 7.32. The molecule has 0 saturated carbocycles. The SMILES string of the molecule is C=CCn1c(SCc2nc3sc4c(c3c(=O)[nH]2)CCCC4)nc2ccccc21. The van der Waals surface area contributed by atoms with Gasteiger partial charge in [-0.05, 0) is 43.4 Å². The van der Waals surface area contributed by atoms with Crippen molar-refractivity contribution in [1.82, 2.24) is 19.5 Å². The third kappa shape index (κ3) is 2.99. The van der Waals surface area contributed by atoms with Crippen molar-refractivity contribution < 1.29 is 0 Å². The number of aryl methyl sites for hydroxylation is 2. The number of nitrogens with one attached hydrogen (secondary N) is 1. The minimum atomic E-state index is -0.000375. The van der Waals surface area contributed by atoms with Crippen molar-refractivity contribution in [2.24, 2.45) is 0 Å². The lowest BCUT2D eigenvalue weighted by molar-refractivity contribution is 0.700. The van der Waals surface area contributed by atoms with E-state index in [-0.39, 0.29) is 5.56 Å². The highest BCUT2D eigenvalue weighted by atomic mass is 32.2. The standard InChI is InChI=1S/C21H20N4OS2/c1-2-11-25-15-9-5-4-8-14(15)22-21(25)27-12-17-23-19(26)18-13-7-3-6-10-16(13)28-20(18)24-17/h2,4-5,8-9H,1,3,6-7,10-12H2,(H,23,24,26). The quantitative estimate of drug-likeness (QED) is 0.384. The number of para-hydroxylation sites is 2. The number of imidazole rings is 1. The number of nitrogens with zero attached hydrogens (tertiary/aromatic N) is 3. The van der Waals surface area contributed by atoms with E-state index in [1.54, 1.807) is 23.1 Å². The minimum Gasteiger partial charge on any atom is -0.315 e. The monoisotopic (exact) mass is 408 g/mol. The average molecular weight is 409 g/mol. The first-order valence-corrected chi connectivity index (χ1v) is 11.3. The lowest BCUT2D eigenvalue weighted by Crippen LogP contribution is -2.12. The van der Waals surface area contributed by atoms with Crippen LogP contribution in [0.2, 0.25) is 0 Å². The van der Waals surface area contributed by atoms with Crippen molar-refractivity contribution in [2.75, 3.05) is 0 Å². The zero-order valence-electron chi connectivity index (χ0n) is 15.4. The van der Waals surface area contributed by atoms with Gasteiger partial charge < -0.3 is 9.55 Å². The normalized spacial score (nSPS) is 13.9. The van der Waals surface area contributed by atoms with E-state index in [0.717, 1.165) is 45.7 Å². The van der Waals surface area contributed by atoms with E-state index in [2.05, 4.69) is 22.2 Å². The maximum Gasteiger partial charge on any atom is 0.259 e. The molecule has 0 atom stereocenters. The van der Waals surface area contributed by atoms with E-state index in [9.17, 15) is 4.79 Å². The summed E-state index contributed by atoms with van der Waals surface area (Å²) < 4.78 is 2.15. The highest BCUT2D eigenvalue weighted by Crippen LogP contribution is 2.34. The van der Waals surface area contributed by atoms with Crippen molar-refractivity contribution in [3.8, 4) is 0 Å². The van der Waals surface area contributed by atoms with Crippen LogP contribution in [0.25, 0.3) is 21.3 Å². The molecule has 5 nitrogen and oxygen atoms in total. The van der Waals surface area contributed by atoms with Crippen LogP contribution in [0.15, 0.2) is 46.9 Å². The Morgan fingerprint density at radius 1 is 1.25 bits per heavy atom. The van der Waals surface area contributed by atoms with Gasteiger partial charge in [-0.25, -0.2) is 9.97 Å². The Morgan fingerprint density at radius 2 is 2.11 bits per heavy atom. The molecule has 3 heterocycles. The largest absolute Gasteiger partial charge is 0.315 e. The second kappa shape index (κ2) is 7.22. The summed E-state index contributed by atoms with van der Waals surface area (Å²) in [6, 6.07) is 8.09. The molecule has 7 heteroatoms. The predicted octanol–water partition coefficient (Wildman–Crippen LogP) is 4.69. The van der Waals surface area contributed by atoms with E-state index >= 15 is 0 Å². The highest BCUT2D eigenvalue weighted by molar-refractivity contribution is 7.98. The highest BCUT2D eigenvalue weighted by Gasteiger charge is 2.20. The first-order valence-electron chi connectivity index (χ1n) is 9.47. The van der Waals surface area contributed by atoms with E-state index in [1.165, 1.54) is 16.9 Å². The number of fused-ring (bicyclic) bond motifs is 4. The Balaban J connectivity index is 1.48. The van der Waals surface area contributed by atoms with Gasteiger partial charge in [0, 0.05) is 11.4 Å². The summed E-state index contributed by atoms with van der Waals surface area (Å²) in [6.07, 6.45) is 6.32. The Hall–Kier alpha value is -2.38. The number of thiophene rings is 1. The first kappa shape index (κ1) is 17.7. The minimum absolute atomic E-state index is 0.000375. The summed E-state index contributed by atoms with van der Waals surface area (Å²) in [5.41, 5.74) is 3.29. The van der Waals surface area contributed by atoms with Crippen molar-refractivity contribution >= 4 is 44.3 Å². The van der Waals surface area contributed by atoms with Gasteiger partial charge >= 0.3 is 0 Å². The number of thioether (sulfide) groups is 1. The molecule has 5 rings (SSSR count). The molecule has 0 spiro atoms. The van der Waals surface area contributed by atoms with Crippen LogP contribution >= 0.6 is 23.1 Å². The van der Waals surface area contributed by atoms with Gasteiger partial charge in [-0.1, -0.05) is 30.0 Å². The summed E-state index contributed by atoms with van der Waals surface area (Å²) in [6.45, 7) is 4.56. The first-order chi connectivity index (χ1) is 13.7. The van der Waals surface area contributed by atoms with Gasteiger partial charge in [0.25, 0.3) is 5.56 Å². The number of H-pyrrole nitrogens is 1. The molecule has 1 aliphatic rings. The molecule has 142 valence electrons. The van der Waals surface area contributed by atoms with Gasteiger partial charge in [0.2, 0.25) is 0 Å². The van der Waals surface area contributed by atoms with Crippen LogP contribution in [0.4, 0.5) is 0 Å². The Kier molecular flexibility index (Phi) is 4.56. The predicted molar refractivity (Wildman–Crippen MR) is 116 cm³/mol. The number of rotatable bonds is 5. The summed E-state index contributed by atoms with van der Waals surface area (Å²) in [5, 5.41) is 1.72. The van der Waals surface area contributed by atoms with Crippen LogP contribution in [0, 0.1) is 0 Å². The fraction of sp³-hybridized carbons (Fsp3) is 0.286. The molecule has 0 unspecified atom stereocenters. The number of allylic oxidation sites excluding steroid dienone is 1. The lowest BCUT2D eigenvalue weighted by atomic mass is 9.97. The van der Waals surface area contributed by atoms with E-state index < -0.39 is 0 Å². The number of hydrogen-bond acceptors (Lipinski definition) is 5. The molecule has 4 aromatic rings. The molecule has 0 radical (unpaired) electrons. The van der Waals surface area contributed by atoms with Gasteiger partial charge in [-0.15, -0.1) is 17.9 Å². The topological polar surface area (TPSA) is 63.6 Å². The number of benzene rings is 1. The lowest BCUT2D eigenvalue weighted by Gasteiger charge is -2.09. The summed E-state index contributed by atoms with van der Waals surface area (Å²) in [4.78, 5) is 27.5. The molecule has 1 N–H and O–H groups in total. The summed E-state index contributed by atoms with van der Waals surface area (Å²) >= 11 is 3.28. The van der Waals surface area contributed by atoms with Crippen molar-refractivity contribution in [3.63, 3.8) is 0 Å². The van der Waals surface area contributed by atoms with Crippen molar-refractivity contribution in [1.29, 1.82) is 0 Å². The van der Waals surface area contributed by atoms with Crippen LogP contribution in [-0.2, 0) is 25.1 Å². The van der Waals surface area contributed by atoms with Crippen LogP contribution in [-0.4, -0.2) is 19.5 Å². The van der Waals surface area contributed by atoms with Crippen LogP contribution in [0.1, 0.15) is 29.1 Å². The fourth-order valence-electron chi connectivity index (χ4n) is 3.88. The fourth-order valence-corrected chi connectivity index (χ4v) is 6.05. The molecule has 0 aliphatic heterocycles. The van der Waals surface area contributed by atoms with Gasteiger partial charge in [0.15, 0.2) is 5.16 Å². The number of aromatic amines is 1. The second-order valence-electron chi connectivity index (χ2n) is 6.97. The molecule has 0 bridgehead atoms. The molecule has 0 fully saturated rings. The molecule has 1 aromatic carbocycles. The molecule has 28 heavy (non-hydrogen) atoms. The van der Waals surface area contributed by atoms with E-state index in [1.807, 2.05) is 24.3 Å². The maximum atomic E-state index is 12.7. The number of aromatic nitrogens is 4. The maximum absolute atomic E-state index is 12.7.